The molecule has 1 N–H and O–H groups in total. The van der Waals surface area contributed by atoms with E-state index in [9.17, 15) is 4.79 Å². The predicted octanol–water partition coefficient (Wildman–Crippen LogP) is 4.46. The van der Waals surface area contributed by atoms with Gasteiger partial charge in [0.05, 0.1) is 11.5 Å². The van der Waals surface area contributed by atoms with E-state index in [0.717, 1.165) is 28.9 Å². The Kier molecular flexibility index (Phi) is 4.92. The summed E-state index contributed by atoms with van der Waals surface area (Å²) in [5, 5.41) is 3.38. The van der Waals surface area contributed by atoms with Gasteiger partial charge in [-0.3, -0.25) is 4.79 Å². The van der Waals surface area contributed by atoms with Crippen LogP contribution in [0.2, 0.25) is 0 Å². The summed E-state index contributed by atoms with van der Waals surface area (Å²) in [4.78, 5) is 13.7. The fourth-order valence-corrected chi connectivity index (χ4v) is 4.51. The zero-order chi connectivity index (χ0) is 19.8. The van der Waals surface area contributed by atoms with Gasteiger partial charge in [0.15, 0.2) is 0 Å². The fourth-order valence-electron chi connectivity index (χ4n) is 4.51. The van der Waals surface area contributed by atoms with Crippen molar-refractivity contribution < 1.29 is 14.3 Å². The fraction of sp³-hybridized carbons (Fsp3) is 0.458. The van der Waals surface area contributed by atoms with Crippen molar-refractivity contribution in [1.29, 1.82) is 0 Å². The molecule has 0 radical (unpaired) electrons. The first-order valence-electron chi connectivity index (χ1n) is 10.1. The summed E-state index contributed by atoms with van der Waals surface area (Å²) in [6, 6.07) is 16.3. The van der Waals surface area contributed by atoms with Crippen LogP contribution in [0, 0.1) is 6.92 Å². The molecule has 148 valence electrons. The predicted molar refractivity (Wildman–Crippen MR) is 110 cm³/mol. The van der Waals surface area contributed by atoms with Crippen LogP contribution >= 0.6 is 0 Å². The van der Waals surface area contributed by atoms with E-state index < -0.39 is 5.41 Å². The lowest BCUT2D eigenvalue weighted by molar-refractivity contribution is -0.131. The van der Waals surface area contributed by atoms with Gasteiger partial charge in [-0.1, -0.05) is 42.5 Å². The molecular formula is C24H29NO3. The minimum absolute atomic E-state index is 0.0599. The van der Waals surface area contributed by atoms with Gasteiger partial charge in [-0.25, -0.2) is 0 Å². The molecule has 4 nitrogen and oxygen atoms in total. The highest BCUT2D eigenvalue weighted by Crippen LogP contribution is 2.42. The molecule has 0 bridgehead atoms. The smallest absolute Gasteiger partial charge is 0.231 e. The molecule has 1 fully saturated rings. The Bertz CT molecular complexity index is 853. The maximum absolute atomic E-state index is 13.7. The molecule has 0 unspecified atom stereocenters. The summed E-state index contributed by atoms with van der Waals surface area (Å²) in [7, 11) is 0. The van der Waals surface area contributed by atoms with Crippen LogP contribution in [0.15, 0.2) is 48.5 Å². The second kappa shape index (κ2) is 7.25. The normalized spacial score (nSPS) is 22.6. The van der Waals surface area contributed by atoms with Crippen molar-refractivity contribution in [2.45, 2.75) is 57.1 Å². The molecule has 0 spiro atoms. The van der Waals surface area contributed by atoms with Gasteiger partial charge in [0.25, 0.3) is 0 Å². The summed E-state index contributed by atoms with van der Waals surface area (Å²) >= 11 is 0. The van der Waals surface area contributed by atoms with Crippen molar-refractivity contribution in [1.82, 2.24) is 5.32 Å². The van der Waals surface area contributed by atoms with Crippen LogP contribution in [0.25, 0.3) is 0 Å². The number of amides is 1. The molecule has 1 amide bonds. The number of hydrogen-bond acceptors (Lipinski definition) is 3. The molecule has 2 aliphatic rings. The maximum Gasteiger partial charge on any atom is 0.231 e. The molecule has 1 atom stereocenters. The minimum atomic E-state index is -0.535. The highest BCUT2D eigenvalue weighted by molar-refractivity contribution is 5.88. The second-order valence-electron chi connectivity index (χ2n) is 8.69. The number of hydrogen-bond donors (Lipinski definition) is 1. The second-order valence-corrected chi connectivity index (χ2v) is 8.69. The van der Waals surface area contributed by atoms with E-state index in [1.165, 1.54) is 0 Å². The van der Waals surface area contributed by atoms with E-state index >= 15 is 0 Å². The van der Waals surface area contributed by atoms with Crippen LogP contribution in [0.5, 0.6) is 5.75 Å². The van der Waals surface area contributed by atoms with Crippen molar-refractivity contribution in [2.24, 2.45) is 0 Å². The third-order valence-electron chi connectivity index (χ3n) is 6.04. The van der Waals surface area contributed by atoms with Gasteiger partial charge in [-0.2, -0.15) is 0 Å². The van der Waals surface area contributed by atoms with Crippen molar-refractivity contribution in [2.75, 3.05) is 13.2 Å². The van der Waals surface area contributed by atoms with E-state index in [1.54, 1.807) is 0 Å². The average molecular weight is 380 g/mol. The Morgan fingerprint density at radius 2 is 1.79 bits per heavy atom. The number of rotatable bonds is 3. The molecule has 4 heteroatoms. The van der Waals surface area contributed by atoms with Crippen molar-refractivity contribution >= 4 is 5.91 Å². The molecular weight excluding hydrogens is 350 g/mol. The first-order chi connectivity index (χ1) is 13.4. The van der Waals surface area contributed by atoms with Gasteiger partial charge in [0, 0.05) is 25.2 Å². The van der Waals surface area contributed by atoms with Crippen molar-refractivity contribution in [3.63, 3.8) is 0 Å². The maximum atomic E-state index is 13.7. The molecule has 0 saturated carbocycles. The molecule has 2 aliphatic heterocycles. The van der Waals surface area contributed by atoms with Gasteiger partial charge in [-0.05, 0) is 50.8 Å². The molecule has 2 aromatic carbocycles. The quantitative estimate of drug-likeness (QED) is 0.856. The number of benzene rings is 2. The lowest BCUT2D eigenvalue weighted by atomic mass is 9.73. The van der Waals surface area contributed by atoms with Crippen LogP contribution < -0.4 is 10.1 Å². The van der Waals surface area contributed by atoms with Crippen molar-refractivity contribution in [3.8, 4) is 5.75 Å². The summed E-state index contributed by atoms with van der Waals surface area (Å²) in [6.45, 7) is 7.44. The van der Waals surface area contributed by atoms with Gasteiger partial charge in [-0.15, -0.1) is 0 Å². The summed E-state index contributed by atoms with van der Waals surface area (Å²) < 4.78 is 11.8. The van der Waals surface area contributed by atoms with Gasteiger partial charge in [0.1, 0.15) is 11.4 Å². The largest absolute Gasteiger partial charge is 0.487 e. The van der Waals surface area contributed by atoms with Gasteiger partial charge < -0.3 is 14.8 Å². The Morgan fingerprint density at radius 3 is 2.50 bits per heavy atom. The lowest BCUT2D eigenvalue weighted by Crippen LogP contribution is -2.51. The van der Waals surface area contributed by atoms with E-state index in [1.807, 2.05) is 18.2 Å². The van der Waals surface area contributed by atoms with Crippen LogP contribution in [-0.2, 0) is 14.9 Å². The van der Waals surface area contributed by atoms with E-state index in [-0.39, 0.29) is 17.6 Å². The van der Waals surface area contributed by atoms with E-state index in [0.29, 0.717) is 26.1 Å². The highest BCUT2D eigenvalue weighted by atomic mass is 16.5. The Morgan fingerprint density at radius 1 is 1.07 bits per heavy atom. The number of ether oxygens (including phenoxy) is 2. The molecule has 2 aromatic rings. The summed E-state index contributed by atoms with van der Waals surface area (Å²) in [5.74, 6) is 0.971. The monoisotopic (exact) mass is 379 g/mol. The van der Waals surface area contributed by atoms with Gasteiger partial charge in [0.2, 0.25) is 5.91 Å². The van der Waals surface area contributed by atoms with E-state index in [2.05, 4.69) is 56.4 Å². The molecule has 0 aliphatic carbocycles. The summed E-state index contributed by atoms with van der Waals surface area (Å²) in [6.07, 6.45) is 2.16. The average Bonchev–Trinajstić information content (AvgIpc) is 2.68. The van der Waals surface area contributed by atoms with Crippen LogP contribution in [0.4, 0.5) is 0 Å². The first kappa shape index (κ1) is 19.0. The van der Waals surface area contributed by atoms with E-state index in [4.69, 9.17) is 9.47 Å². The zero-order valence-corrected chi connectivity index (χ0v) is 17.0. The van der Waals surface area contributed by atoms with Crippen LogP contribution in [0.1, 0.15) is 55.8 Å². The SMILES string of the molecule is Cc1ccc2c(c1)OC(C)(C)C[C@H]2NC(=O)C1(c2ccccc2)CCOCC1. The number of fused-ring (bicyclic) bond motifs is 1. The number of carbonyl (C=O) groups excluding carboxylic acids is 1. The minimum Gasteiger partial charge on any atom is -0.487 e. The lowest BCUT2D eigenvalue weighted by Gasteiger charge is -2.41. The Balaban J connectivity index is 1.67. The third-order valence-corrected chi connectivity index (χ3v) is 6.04. The third kappa shape index (κ3) is 3.53. The number of aryl methyl sites for hydroxylation is 1. The molecule has 1 saturated heterocycles. The topological polar surface area (TPSA) is 47.6 Å². The molecule has 28 heavy (non-hydrogen) atoms. The molecule has 0 aromatic heterocycles. The Hall–Kier alpha value is -2.33. The highest BCUT2D eigenvalue weighted by Gasteiger charge is 2.44. The van der Waals surface area contributed by atoms with Gasteiger partial charge >= 0.3 is 0 Å². The number of carbonyl (C=O) groups is 1. The summed E-state index contributed by atoms with van der Waals surface area (Å²) in [5.41, 5.74) is 2.44. The number of nitrogens with one attached hydrogen (secondary N) is 1. The molecule has 2 heterocycles. The zero-order valence-electron chi connectivity index (χ0n) is 17.0. The van der Waals surface area contributed by atoms with Crippen LogP contribution in [0.3, 0.4) is 0 Å². The first-order valence-corrected chi connectivity index (χ1v) is 10.1. The van der Waals surface area contributed by atoms with Crippen LogP contribution in [-0.4, -0.2) is 24.7 Å². The standard InChI is InChI=1S/C24H29NO3/c1-17-9-10-19-20(16-23(2,3)28-21(19)15-17)25-22(26)24(11-13-27-14-12-24)18-7-5-4-6-8-18/h4-10,15,20H,11-14,16H2,1-3H3,(H,25,26)/t20-/m1/s1. The van der Waals surface area contributed by atoms with Crippen molar-refractivity contribution in [3.05, 3.63) is 65.2 Å². The molecule has 4 rings (SSSR count). The Labute approximate surface area is 167 Å².